The van der Waals surface area contributed by atoms with Crippen LogP contribution >= 0.6 is 23.2 Å². The molecule has 1 aromatic heterocycles. The highest BCUT2D eigenvalue weighted by molar-refractivity contribution is 6.43. The van der Waals surface area contributed by atoms with Gasteiger partial charge in [0.05, 0.1) is 15.7 Å². The van der Waals surface area contributed by atoms with Gasteiger partial charge in [-0.25, -0.2) is 0 Å². The largest absolute Gasteiger partial charge is 0.397 e. The minimum absolute atomic E-state index is 0.256. The number of rotatable bonds is 3. The molecule has 20 heavy (non-hydrogen) atoms. The zero-order valence-electron chi connectivity index (χ0n) is 10.8. The minimum atomic E-state index is -0.265. The Morgan fingerprint density at radius 1 is 1.40 bits per heavy atom. The van der Waals surface area contributed by atoms with E-state index < -0.39 is 0 Å². The molecular weight excluding hydrogens is 297 g/mol. The highest BCUT2D eigenvalue weighted by Gasteiger charge is 2.11. The molecule has 2 aromatic rings. The number of hydrogen-bond acceptors (Lipinski definition) is 3. The molecule has 2 rings (SSSR count). The maximum absolute atomic E-state index is 12.1. The van der Waals surface area contributed by atoms with Crippen LogP contribution in [0.1, 0.15) is 21.5 Å². The van der Waals surface area contributed by atoms with E-state index >= 15 is 0 Å². The Labute approximate surface area is 126 Å². The summed E-state index contributed by atoms with van der Waals surface area (Å²) in [6, 6.07) is 4.88. The lowest BCUT2D eigenvalue weighted by Gasteiger charge is -2.09. The van der Waals surface area contributed by atoms with Gasteiger partial charge >= 0.3 is 0 Å². The van der Waals surface area contributed by atoms with Crippen molar-refractivity contribution in [1.82, 2.24) is 10.3 Å². The van der Waals surface area contributed by atoms with Gasteiger partial charge in [-0.3, -0.25) is 9.78 Å². The van der Waals surface area contributed by atoms with Crippen molar-refractivity contribution in [2.24, 2.45) is 0 Å². The number of amides is 1. The van der Waals surface area contributed by atoms with Gasteiger partial charge in [-0.15, -0.1) is 0 Å². The second-order valence-corrected chi connectivity index (χ2v) is 5.13. The number of halogens is 2. The molecule has 0 unspecified atom stereocenters. The van der Waals surface area contributed by atoms with Crippen LogP contribution in [0.3, 0.4) is 0 Å². The number of carbonyl (C=O) groups excluding carboxylic acids is 1. The van der Waals surface area contributed by atoms with E-state index in [4.69, 9.17) is 28.9 Å². The zero-order chi connectivity index (χ0) is 14.7. The van der Waals surface area contributed by atoms with Crippen molar-refractivity contribution in [3.63, 3.8) is 0 Å². The summed E-state index contributed by atoms with van der Waals surface area (Å²) in [7, 11) is 0. The van der Waals surface area contributed by atoms with Gasteiger partial charge in [-0.1, -0.05) is 23.2 Å². The first-order valence-corrected chi connectivity index (χ1v) is 6.67. The van der Waals surface area contributed by atoms with E-state index in [0.29, 0.717) is 12.1 Å². The van der Waals surface area contributed by atoms with Gasteiger partial charge in [0, 0.05) is 24.5 Å². The summed E-state index contributed by atoms with van der Waals surface area (Å²) in [6.45, 7) is 2.35. The fourth-order valence-corrected chi connectivity index (χ4v) is 2.04. The fourth-order valence-electron chi connectivity index (χ4n) is 1.70. The summed E-state index contributed by atoms with van der Waals surface area (Å²) >= 11 is 11.8. The SMILES string of the molecule is Cc1ccncc1CNC(=O)c1cc(N)c(Cl)c(Cl)c1. The minimum Gasteiger partial charge on any atom is -0.397 e. The summed E-state index contributed by atoms with van der Waals surface area (Å²) in [5, 5.41) is 3.31. The first kappa shape index (κ1) is 14.6. The van der Waals surface area contributed by atoms with Crippen molar-refractivity contribution in [2.75, 3.05) is 5.73 Å². The molecule has 0 aliphatic heterocycles. The number of nitrogens with two attached hydrogens (primary N) is 1. The van der Waals surface area contributed by atoms with Crippen LogP contribution in [0.25, 0.3) is 0 Å². The van der Waals surface area contributed by atoms with Crippen molar-refractivity contribution in [2.45, 2.75) is 13.5 Å². The molecule has 0 fully saturated rings. The van der Waals surface area contributed by atoms with Crippen molar-refractivity contribution < 1.29 is 4.79 Å². The number of pyridine rings is 1. The Bertz CT molecular complexity index is 636. The van der Waals surface area contributed by atoms with Crippen molar-refractivity contribution in [1.29, 1.82) is 0 Å². The Morgan fingerprint density at radius 3 is 2.80 bits per heavy atom. The van der Waals surface area contributed by atoms with Crippen LogP contribution in [-0.2, 0) is 6.54 Å². The topological polar surface area (TPSA) is 68.0 Å². The van der Waals surface area contributed by atoms with Gasteiger partial charge in [0.1, 0.15) is 0 Å². The molecule has 0 aliphatic rings. The number of nitrogens with zero attached hydrogens (tertiary/aromatic N) is 1. The summed E-state index contributed by atoms with van der Waals surface area (Å²) in [5.41, 5.74) is 8.35. The van der Waals surface area contributed by atoms with Gasteiger partial charge in [0.2, 0.25) is 0 Å². The highest BCUT2D eigenvalue weighted by Crippen LogP contribution is 2.29. The van der Waals surface area contributed by atoms with E-state index in [9.17, 15) is 4.79 Å². The molecule has 0 atom stereocenters. The second kappa shape index (κ2) is 6.11. The summed E-state index contributed by atoms with van der Waals surface area (Å²) in [4.78, 5) is 16.1. The number of benzene rings is 1. The number of nitrogens with one attached hydrogen (secondary N) is 1. The quantitative estimate of drug-likeness (QED) is 0.855. The third-order valence-electron chi connectivity index (χ3n) is 2.91. The zero-order valence-corrected chi connectivity index (χ0v) is 12.3. The van der Waals surface area contributed by atoms with Gasteiger partial charge < -0.3 is 11.1 Å². The lowest BCUT2D eigenvalue weighted by atomic mass is 10.1. The molecule has 3 N–H and O–H groups in total. The van der Waals surface area contributed by atoms with Crippen LogP contribution in [0.4, 0.5) is 5.69 Å². The summed E-state index contributed by atoms with van der Waals surface area (Å²) in [6.07, 6.45) is 3.43. The van der Waals surface area contributed by atoms with Gasteiger partial charge in [-0.2, -0.15) is 0 Å². The molecule has 0 radical (unpaired) electrons. The standard InChI is InChI=1S/C14H13Cl2N3O/c1-8-2-3-18-6-10(8)7-19-14(20)9-4-11(15)13(16)12(17)5-9/h2-6H,7,17H2,1H3,(H,19,20). The molecule has 1 aromatic carbocycles. The number of nitrogen functional groups attached to an aromatic ring is 1. The lowest BCUT2D eigenvalue weighted by molar-refractivity contribution is 0.0951. The predicted molar refractivity (Wildman–Crippen MR) is 81.0 cm³/mol. The molecule has 1 heterocycles. The van der Waals surface area contributed by atoms with Gasteiger partial charge in [0.15, 0.2) is 0 Å². The van der Waals surface area contributed by atoms with E-state index in [-0.39, 0.29) is 21.6 Å². The molecular formula is C14H13Cl2N3O. The van der Waals surface area contributed by atoms with Crippen LogP contribution in [0, 0.1) is 6.92 Å². The Kier molecular flexibility index (Phi) is 4.47. The van der Waals surface area contributed by atoms with Crippen molar-refractivity contribution in [3.8, 4) is 0 Å². The Balaban J connectivity index is 2.11. The average molecular weight is 310 g/mol. The highest BCUT2D eigenvalue weighted by atomic mass is 35.5. The molecule has 0 saturated carbocycles. The van der Waals surface area contributed by atoms with Crippen LogP contribution < -0.4 is 11.1 Å². The van der Waals surface area contributed by atoms with Crippen LogP contribution in [0.5, 0.6) is 0 Å². The second-order valence-electron chi connectivity index (χ2n) is 4.35. The molecule has 0 bridgehead atoms. The molecule has 1 amide bonds. The van der Waals surface area contributed by atoms with Gasteiger partial charge in [0.25, 0.3) is 5.91 Å². The fraction of sp³-hybridized carbons (Fsp3) is 0.143. The van der Waals surface area contributed by atoms with Crippen molar-refractivity contribution >= 4 is 34.8 Å². The average Bonchev–Trinajstić information content (AvgIpc) is 2.43. The van der Waals surface area contributed by atoms with E-state index in [0.717, 1.165) is 11.1 Å². The number of hydrogen-bond donors (Lipinski definition) is 2. The van der Waals surface area contributed by atoms with E-state index in [2.05, 4.69) is 10.3 Å². The molecule has 0 saturated heterocycles. The predicted octanol–water partition coefficient (Wildman–Crippen LogP) is 3.21. The van der Waals surface area contributed by atoms with Crippen molar-refractivity contribution in [3.05, 3.63) is 57.3 Å². The van der Waals surface area contributed by atoms with Crippen LogP contribution in [-0.4, -0.2) is 10.9 Å². The Hall–Kier alpha value is -1.78. The lowest BCUT2D eigenvalue weighted by Crippen LogP contribution is -2.23. The maximum atomic E-state index is 12.1. The Morgan fingerprint density at radius 2 is 2.15 bits per heavy atom. The number of aromatic nitrogens is 1. The number of anilines is 1. The molecule has 6 heteroatoms. The molecule has 0 aliphatic carbocycles. The normalized spacial score (nSPS) is 10.3. The summed E-state index contributed by atoms with van der Waals surface area (Å²) in [5.74, 6) is -0.265. The van der Waals surface area contributed by atoms with E-state index in [1.165, 1.54) is 12.1 Å². The first-order valence-electron chi connectivity index (χ1n) is 5.91. The van der Waals surface area contributed by atoms with Crippen LogP contribution in [0.2, 0.25) is 10.0 Å². The molecule has 4 nitrogen and oxygen atoms in total. The molecule has 104 valence electrons. The van der Waals surface area contributed by atoms with Gasteiger partial charge in [-0.05, 0) is 36.2 Å². The van der Waals surface area contributed by atoms with E-state index in [1.807, 2.05) is 13.0 Å². The maximum Gasteiger partial charge on any atom is 0.251 e. The number of aryl methyl sites for hydroxylation is 1. The van der Waals surface area contributed by atoms with Crippen LogP contribution in [0.15, 0.2) is 30.6 Å². The molecule has 0 spiro atoms. The third kappa shape index (κ3) is 3.21. The first-order chi connectivity index (χ1) is 9.49. The number of carbonyl (C=O) groups is 1. The third-order valence-corrected chi connectivity index (χ3v) is 3.72. The smallest absolute Gasteiger partial charge is 0.251 e. The monoisotopic (exact) mass is 309 g/mol. The van der Waals surface area contributed by atoms with E-state index in [1.54, 1.807) is 12.4 Å². The summed E-state index contributed by atoms with van der Waals surface area (Å²) < 4.78 is 0.